The molecule has 0 aliphatic carbocycles. The largest absolute Gasteiger partial charge is 0.107 e. The van der Waals surface area contributed by atoms with E-state index in [0.29, 0.717) is 0 Å². The molecule has 0 bridgehead atoms. The molecule has 0 aliphatic rings. The second-order valence-electron chi connectivity index (χ2n) is 1.77. The molecule has 0 aromatic heterocycles. The van der Waals surface area contributed by atoms with Crippen LogP contribution in [0.15, 0.2) is 26.3 Å². The Labute approximate surface area is 143 Å². The van der Waals surface area contributed by atoms with Crippen molar-refractivity contribution in [1.82, 2.24) is 0 Å². The molecule has 0 aromatic rings. The fourth-order valence-electron chi connectivity index (χ4n) is 0.130. The van der Waals surface area contributed by atoms with Crippen LogP contribution in [-0.4, -0.2) is 0 Å². The highest BCUT2D eigenvalue weighted by molar-refractivity contribution is 5.33. The van der Waals surface area contributed by atoms with Crippen molar-refractivity contribution in [3.8, 4) is 59.7 Å². The predicted octanol–water partition coefficient (Wildman–Crippen LogP) is 7.41. The quantitative estimate of drug-likeness (QED) is 0.321. The van der Waals surface area contributed by atoms with Crippen LogP contribution in [0.4, 0.5) is 0 Å². The van der Waals surface area contributed by atoms with Crippen molar-refractivity contribution in [3.63, 3.8) is 0 Å². The Bertz CT molecular complexity index is 409. The molecule has 0 heterocycles. The van der Waals surface area contributed by atoms with Crippen molar-refractivity contribution in [2.75, 3.05) is 0 Å². The van der Waals surface area contributed by atoms with Crippen molar-refractivity contribution in [2.24, 2.45) is 0 Å². The molecular weight excluding hydrogens is 240 g/mol. The monoisotopic (exact) mass is 288 g/mol. The Morgan fingerprint density at radius 3 is 1.05 bits per heavy atom. The molecule has 0 aliphatic heterocycles. The summed E-state index contributed by atoms with van der Waals surface area (Å²) in [5, 5.41) is 0. The van der Waals surface area contributed by atoms with E-state index >= 15 is 0 Å². The first-order valence-corrected chi connectivity index (χ1v) is 5.29. The molecule has 0 nitrogen and oxygen atoms in total. The van der Waals surface area contributed by atoms with Gasteiger partial charge in [-0.15, -0.1) is 56.4 Å². The normalized spacial score (nSPS) is 3.00. The third-order valence-corrected chi connectivity index (χ3v) is 0.822. The van der Waals surface area contributed by atoms with E-state index in [2.05, 4.69) is 79.6 Å². The maximum Gasteiger partial charge on any atom is 0 e. The average molecular weight is 289 g/mol. The van der Waals surface area contributed by atoms with Crippen molar-refractivity contribution in [3.05, 3.63) is 26.3 Å². The van der Waals surface area contributed by atoms with Crippen LogP contribution in [-0.2, 0) is 0 Å². The van der Waals surface area contributed by atoms with Gasteiger partial charge < -0.3 is 0 Å². The number of hydrogen-bond donors (Lipinski definition) is 0. The van der Waals surface area contributed by atoms with Gasteiger partial charge in [-0.25, -0.2) is 0 Å². The smallest absolute Gasteiger partial charge is 0 e. The van der Waals surface area contributed by atoms with Crippen molar-refractivity contribution in [1.29, 1.82) is 0 Å². The van der Waals surface area contributed by atoms with Crippen LogP contribution in [0.1, 0.15) is 56.3 Å². The first kappa shape index (κ1) is 36.0. The number of rotatable bonds is 0. The zero-order valence-electron chi connectivity index (χ0n) is 12.9. The Morgan fingerprint density at radius 1 is 0.600 bits per heavy atom. The van der Waals surface area contributed by atoms with Gasteiger partial charge in [-0.3, -0.25) is 0 Å². The molecule has 20 heavy (non-hydrogen) atoms. The molecule has 0 rings (SSSR count). The summed E-state index contributed by atoms with van der Waals surface area (Å²) in [5.41, 5.74) is 0. The van der Waals surface area contributed by atoms with Crippen LogP contribution in [0.25, 0.3) is 0 Å². The fourth-order valence-corrected chi connectivity index (χ4v) is 0.130. The summed E-state index contributed by atoms with van der Waals surface area (Å²) in [5.74, 6) is 22.7. The van der Waals surface area contributed by atoms with E-state index in [-0.39, 0.29) is 21.7 Å². The van der Waals surface area contributed by atoms with Crippen molar-refractivity contribution < 1.29 is 14.3 Å². The lowest BCUT2D eigenvalue weighted by molar-refractivity contribution is 1.83. The lowest BCUT2D eigenvalue weighted by Gasteiger charge is -1.49. The van der Waals surface area contributed by atoms with E-state index in [1.165, 1.54) is 0 Å². The molecule has 0 saturated carbocycles. The topological polar surface area (TPSA) is 0 Å². The van der Waals surface area contributed by atoms with Gasteiger partial charge in [0, 0.05) is 14.3 Å². The van der Waals surface area contributed by atoms with E-state index in [1.54, 1.807) is 6.92 Å². The molecule has 0 fully saturated rings. The van der Waals surface area contributed by atoms with Gasteiger partial charge in [0.2, 0.25) is 0 Å². The first-order chi connectivity index (χ1) is 9.24. The standard InChI is InChI=1S/C7H4.2C4H6.2C2H4.CH4.10H2/c1-3-5-7-6-4-2;2*1-3-4-2;2*1-2;;;;;;;;;;;/h1H,2H3;2*1-2H3;2*1-2H2;1H4;10*1H. The zero-order chi connectivity index (χ0) is 16.4. The van der Waals surface area contributed by atoms with Crippen LogP contribution in [0.2, 0.25) is 0 Å². The second-order valence-corrected chi connectivity index (χ2v) is 1.77. The average Bonchev–Trinajstić information content (AvgIpc) is 2.52. The minimum absolute atomic E-state index is 0. The minimum Gasteiger partial charge on any atom is -0.107 e. The van der Waals surface area contributed by atoms with E-state index in [1.807, 2.05) is 27.7 Å². The summed E-state index contributed by atoms with van der Waals surface area (Å²) in [7, 11) is 0. The van der Waals surface area contributed by atoms with Crippen LogP contribution >= 0.6 is 0 Å². The highest BCUT2D eigenvalue weighted by Crippen LogP contribution is 1.48. The number of hydrogen-bond acceptors (Lipinski definition) is 0. The molecule has 0 spiro atoms. The van der Waals surface area contributed by atoms with E-state index < -0.39 is 0 Å². The number of terminal acetylenes is 1. The fraction of sp³-hybridized carbons (Fsp3) is 0.300. The molecule has 0 radical (unpaired) electrons. The molecule has 0 aromatic carbocycles. The van der Waals surface area contributed by atoms with Gasteiger partial charge in [-0.2, -0.15) is 0 Å². The molecular formula is C20H48. The third kappa shape index (κ3) is 290. The van der Waals surface area contributed by atoms with Crippen LogP contribution in [0.3, 0.4) is 0 Å². The van der Waals surface area contributed by atoms with E-state index in [0.717, 1.165) is 0 Å². The van der Waals surface area contributed by atoms with Gasteiger partial charge in [0.25, 0.3) is 0 Å². The van der Waals surface area contributed by atoms with Crippen molar-refractivity contribution in [2.45, 2.75) is 42.0 Å². The Balaban J connectivity index is -0.00000000563. The summed E-state index contributed by atoms with van der Waals surface area (Å²) in [4.78, 5) is 0. The first-order valence-electron chi connectivity index (χ1n) is 5.29. The summed E-state index contributed by atoms with van der Waals surface area (Å²) >= 11 is 0. The summed E-state index contributed by atoms with van der Waals surface area (Å²) < 4.78 is 0. The van der Waals surface area contributed by atoms with Gasteiger partial charge in [-0.1, -0.05) is 13.3 Å². The van der Waals surface area contributed by atoms with Gasteiger partial charge >= 0.3 is 0 Å². The SMILES string of the molecule is C.C#CC#CC#CC.C=C.C=C.CC#CC.CC#CC.[HH].[HH].[HH].[HH].[HH].[HH].[HH].[HH].[HH].[HH]. The molecule has 0 N–H and O–H groups in total. The van der Waals surface area contributed by atoms with Crippen LogP contribution < -0.4 is 0 Å². The highest BCUT2D eigenvalue weighted by Gasteiger charge is 1.45. The molecule has 0 saturated heterocycles. The molecule has 0 unspecified atom stereocenters. The zero-order valence-corrected chi connectivity index (χ0v) is 12.9. The molecule has 128 valence electrons. The summed E-state index contributed by atoms with van der Waals surface area (Å²) in [6.45, 7) is 21.0. The highest BCUT2D eigenvalue weighted by atomic mass is 13.5. The van der Waals surface area contributed by atoms with E-state index in [9.17, 15) is 0 Å². The van der Waals surface area contributed by atoms with Crippen LogP contribution in [0, 0.1) is 59.7 Å². The lowest BCUT2D eigenvalue weighted by atomic mass is 10.5. The third-order valence-electron chi connectivity index (χ3n) is 0.822. The summed E-state index contributed by atoms with van der Waals surface area (Å²) in [6, 6.07) is 0. The van der Waals surface area contributed by atoms with E-state index in [4.69, 9.17) is 6.42 Å². The lowest BCUT2D eigenvalue weighted by Crippen LogP contribution is -1.46. The Morgan fingerprint density at radius 2 is 0.900 bits per heavy atom. The Kier molecular flexibility index (Phi) is 173. The molecule has 0 heteroatoms. The predicted molar refractivity (Wildman–Crippen MR) is 119 cm³/mol. The van der Waals surface area contributed by atoms with Gasteiger partial charge in [-0.05, 0) is 58.3 Å². The van der Waals surface area contributed by atoms with Gasteiger partial charge in [0.15, 0.2) is 0 Å². The van der Waals surface area contributed by atoms with Crippen LogP contribution in [0.5, 0.6) is 0 Å². The van der Waals surface area contributed by atoms with Gasteiger partial charge in [0.1, 0.15) is 0 Å². The van der Waals surface area contributed by atoms with Gasteiger partial charge in [0.05, 0.1) is 0 Å². The minimum atomic E-state index is 0. The maximum atomic E-state index is 4.78. The maximum absolute atomic E-state index is 4.78. The molecule has 0 amide bonds. The summed E-state index contributed by atoms with van der Waals surface area (Å²) in [6.07, 6.45) is 4.78. The Hall–Kier alpha value is -2.72. The molecule has 0 atom stereocenters. The second kappa shape index (κ2) is 96.4. The van der Waals surface area contributed by atoms with Crippen molar-refractivity contribution >= 4 is 0 Å².